The Labute approximate surface area is 150 Å². The van der Waals surface area contributed by atoms with Crippen LogP contribution in [0.25, 0.3) is 0 Å². The zero-order valence-electron chi connectivity index (χ0n) is 13.3. The summed E-state index contributed by atoms with van der Waals surface area (Å²) in [5, 5.41) is 2.88. The summed E-state index contributed by atoms with van der Waals surface area (Å²) in [4.78, 5) is 12.0. The van der Waals surface area contributed by atoms with E-state index in [9.17, 15) is 4.79 Å². The Hall–Kier alpha value is -1.50. The van der Waals surface area contributed by atoms with Gasteiger partial charge in [-0.05, 0) is 65.4 Å². The van der Waals surface area contributed by atoms with Crippen LogP contribution in [-0.2, 0) is 6.61 Å². The van der Waals surface area contributed by atoms with Gasteiger partial charge in [0.05, 0.1) is 0 Å². The average molecular weight is 427 g/mol. The fraction of sp³-hybridized carbons (Fsp3) is 0.389. The van der Waals surface area contributed by atoms with Gasteiger partial charge in [0.15, 0.2) is 5.76 Å². The summed E-state index contributed by atoms with van der Waals surface area (Å²) >= 11 is 2.25. The molecule has 124 valence electrons. The van der Waals surface area contributed by atoms with Crippen molar-refractivity contribution in [3.05, 3.63) is 51.5 Å². The van der Waals surface area contributed by atoms with E-state index in [-0.39, 0.29) is 5.91 Å². The summed E-state index contributed by atoms with van der Waals surface area (Å²) in [5.41, 5.74) is 0. The highest BCUT2D eigenvalue weighted by Gasteiger charge is 2.10. The van der Waals surface area contributed by atoms with Gasteiger partial charge in [0.25, 0.3) is 5.91 Å². The number of carbonyl (C=O) groups excluding carboxylic acids is 1. The summed E-state index contributed by atoms with van der Waals surface area (Å²) in [7, 11) is 0. The molecular formula is C18H22INO3. The largest absolute Gasteiger partial charge is 0.486 e. The third kappa shape index (κ3) is 6.25. The van der Waals surface area contributed by atoms with Crippen molar-refractivity contribution >= 4 is 28.5 Å². The minimum absolute atomic E-state index is 0.165. The predicted octanol–water partition coefficient (Wildman–Crippen LogP) is 4.77. The molecule has 1 amide bonds. The number of rotatable bonds is 9. The van der Waals surface area contributed by atoms with E-state index >= 15 is 0 Å². The van der Waals surface area contributed by atoms with Crippen molar-refractivity contribution in [1.29, 1.82) is 0 Å². The lowest BCUT2D eigenvalue weighted by Crippen LogP contribution is -2.23. The van der Waals surface area contributed by atoms with Gasteiger partial charge in [-0.1, -0.05) is 26.2 Å². The van der Waals surface area contributed by atoms with Gasteiger partial charge in [-0.3, -0.25) is 4.79 Å². The second kappa shape index (κ2) is 9.60. The first-order chi connectivity index (χ1) is 11.2. The van der Waals surface area contributed by atoms with E-state index in [1.165, 1.54) is 12.8 Å². The molecule has 0 aliphatic rings. The first-order valence-corrected chi connectivity index (χ1v) is 9.02. The van der Waals surface area contributed by atoms with Crippen LogP contribution in [0.1, 0.15) is 48.9 Å². The Morgan fingerprint density at radius 1 is 1.13 bits per heavy atom. The van der Waals surface area contributed by atoms with Crippen LogP contribution >= 0.6 is 22.6 Å². The van der Waals surface area contributed by atoms with Crippen molar-refractivity contribution in [2.75, 3.05) is 6.54 Å². The van der Waals surface area contributed by atoms with Crippen molar-refractivity contribution in [1.82, 2.24) is 5.32 Å². The average Bonchev–Trinajstić information content (AvgIpc) is 3.03. The van der Waals surface area contributed by atoms with Crippen LogP contribution in [0.4, 0.5) is 0 Å². The predicted molar refractivity (Wildman–Crippen MR) is 98.7 cm³/mol. The Bertz CT molecular complexity index is 607. The molecule has 2 aromatic rings. The number of hydrogen-bond donors (Lipinski definition) is 1. The number of halogens is 1. The number of benzene rings is 1. The highest BCUT2D eigenvalue weighted by molar-refractivity contribution is 14.1. The molecule has 0 aliphatic heterocycles. The van der Waals surface area contributed by atoms with E-state index in [0.29, 0.717) is 24.7 Å². The highest BCUT2D eigenvalue weighted by atomic mass is 127. The van der Waals surface area contributed by atoms with Gasteiger partial charge in [-0.2, -0.15) is 0 Å². The Kier molecular flexibility index (Phi) is 7.45. The molecule has 5 heteroatoms. The molecule has 0 aliphatic carbocycles. The summed E-state index contributed by atoms with van der Waals surface area (Å²) in [6, 6.07) is 11.3. The van der Waals surface area contributed by atoms with E-state index in [1.807, 2.05) is 24.3 Å². The number of amides is 1. The number of carbonyl (C=O) groups is 1. The number of hydrogen-bond acceptors (Lipinski definition) is 3. The van der Waals surface area contributed by atoms with E-state index in [2.05, 4.69) is 34.8 Å². The highest BCUT2D eigenvalue weighted by Crippen LogP contribution is 2.16. The third-order valence-corrected chi connectivity index (χ3v) is 4.12. The van der Waals surface area contributed by atoms with Gasteiger partial charge in [0, 0.05) is 10.1 Å². The summed E-state index contributed by atoms with van der Waals surface area (Å²) < 4.78 is 12.3. The van der Waals surface area contributed by atoms with Crippen LogP contribution in [0, 0.1) is 3.57 Å². The van der Waals surface area contributed by atoms with Crippen LogP contribution in [0.5, 0.6) is 5.75 Å². The molecule has 0 spiro atoms. The van der Waals surface area contributed by atoms with Crippen LogP contribution in [0.15, 0.2) is 40.8 Å². The normalized spacial score (nSPS) is 10.5. The molecule has 0 saturated carbocycles. The standard InChI is InChI=1S/C18H22INO3/c1-2-3-4-5-12-20-18(21)17-11-10-16(23-17)13-22-15-8-6-14(19)7-9-15/h6-11H,2-5,12-13H2,1H3,(H,20,21). The molecule has 2 rings (SSSR count). The molecule has 0 fully saturated rings. The maximum absolute atomic E-state index is 12.0. The fourth-order valence-corrected chi connectivity index (χ4v) is 2.46. The van der Waals surface area contributed by atoms with E-state index in [1.54, 1.807) is 12.1 Å². The molecule has 23 heavy (non-hydrogen) atoms. The Morgan fingerprint density at radius 2 is 1.91 bits per heavy atom. The molecule has 0 saturated heterocycles. The molecule has 0 atom stereocenters. The summed E-state index contributed by atoms with van der Waals surface area (Å²) in [5.74, 6) is 1.59. The first kappa shape index (κ1) is 17.8. The SMILES string of the molecule is CCCCCCNC(=O)c1ccc(COc2ccc(I)cc2)o1. The van der Waals surface area contributed by atoms with Crippen LogP contribution in [0.2, 0.25) is 0 Å². The van der Waals surface area contributed by atoms with Crippen molar-refractivity contribution in [3.8, 4) is 5.75 Å². The lowest BCUT2D eigenvalue weighted by atomic mass is 10.2. The Morgan fingerprint density at radius 3 is 2.65 bits per heavy atom. The van der Waals surface area contributed by atoms with Gasteiger partial charge >= 0.3 is 0 Å². The molecule has 4 nitrogen and oxygen atoms in total. The van der Waals surface area contributed by atoms with Gasteiger partial charge in [-0.25, -0.2) is 0 Å². The number of nitrogens with one attached hydrogen (secondary N) is 1. The smallest absolute Gasteiger partial charge is 0.286 e. The number of furan rings is 1. The summed E-state index contributed by atoms with van der Waals surface area (Å²) in [6.45, 7) is 3.17. The Balaban J connectivity index is 1.76. The molecule has 1 aromatic carbocycles. The maximum atomic E-state index is 12.0. The molecular weight excluding hydrogens is 405 g/mol. The minimum atomic E-state index is -0.165. The minimum Gasteiger partial charge on any atom is -0.486 e. The van der Waals surface area contributed by atoms with Crippen molar-refractivity contribution < 1.29 is 13.9 Å². The van der Waals surface area contributed by atoms with Crippen LogP contribution in [-0.4, -0.2) is 12.5 Å². The van der Waals surface area contributed by atoms with Crippen molar-refractivity contribution in [2.24, 2.45) is 0 Å². The molecule has 1 N–H and O–H groups in total. The topological polar surface area (TPSA) is 51.5 Å². The molecule has 0 bridgehead atoms. The van der Waals surface area contributed by atoms with E-state index in [4.69, 9.17) is 9.15 Å². The maximum Gasteiger partial charge on any atom is 0.286 e. The van der Waals surface area contributed by atoms with E-state index < -0.39 is 0 Å². The summed E-state index contributed by atoms with van der Waals surface area (Å²) in [6.07, 6.45) is 4.54. The van der Waals surface area contributed by atoms with Crippen LogP contribution in [0.3, 0.4) is 0 Å². The fourth-order valence-electron chi connectivity index (χ4n) is 2.10. The monoisotopic (exact) mass is 427 g/mol. The van der Waals surface area contributed by atoms with Gasteiger partial charge in [0.1, 0.15) is 18.1 Å². The number of ether oxygens (including phenoxy) is 1. The first-order valence-electron chi connectivity index (χ1n) is 7.94. The number of unbranched alkanes of at least 4 members (excludes halogenated alkanes) is 3. The van der Waals surface area contributed by atoms with Crippen molar-refractivity contribution in [2.45, 2.75) is 39.2 Å². The van der Waals surface area contributed by atoms with Gasteiger partial charge in [-0.15, -0.1) is 0 Å². The zero-order valence-corrected chi connectivity index (χ0v) is 15.5. The third-order valence-electron chi connectivity index (χ3n) is 3.40. The second-order valence-corrected chi connectivity index (χ2v) is 6.57. The van der Waals surface area contributed by atoms with E-state index in [0.717, 1.165) is 22.2 Å². The second-order valence-electron chi connectivity index (χ2n) is 5.33. The zero-order chi connectivity index (χ0) is 16.5. The lowest BCUT2D eigenvalue weighted by molar-refractivity contribution is 0.0921. The van der Waals surface area contributed by atoms with Gasteiger partial charge < -0.3 is 14.5 Å². The molecule has 0 unspecified atom stereocenters. The lowest BCUT2D eigenvalue weighted by Gasteiger charge is -2.04. The molecule has 1 aromatic heterocycles. The van der Waals surface area contributed by atoms with Crippen LogP contribution < -0.4 is 10.1 Å². The molecule has 0 radical (unpaired) electrons. The quantitative estimate of drug-likeness (QED) is 0.463. The molecule has 1 heterocycles. The van der Waals surface area contributed by atoms with Crippen molar-refractivity contribution in [3.63, 3.8) is 0 Å². The van der Waals surface area contributed by atoms with Gasteiger partial charge in [0.2, 0.25) is 0 Å².